The zero-order valence-corrected chi connectivity index (χ0v) is 13.9. The van der Waals surface area contributed by atoms with Crippen LogP contribution in [0.1, 0.15) is 53.4 Å². The molecule has 0 aliphatic rings. The van der Waals surface area contributed by atoms with E-state index in [0.29, 0.717) is 0 Å². The van der Waals surface area contributed by atoms with Gasteiger partial charge in [-0.15, -0.1) is 0 Å². The minimum absolute atomic E-state index is 0.0463. The molecule has 0 aliphatic heterocycles. The summed E-state index contributed by atoms with van der Waals surface area (Å²) in [6.45, 7) is 8.82. The van der Waals surface area contributed by atoms with Crippen LogP contribution < -0.4 is 0 Å². The maximum absolute atomic E-state index is 11.5. The van der Waals surface area contributed by atoms with Crippen LogP contribution in [0.25, 0.3) is 0 Å². The van der Waals surface area contributed by atoms with Gasteiger partial charge in [0.25, 0.3) is 0 Å². The molecule has 97 valence electrons. The Morgan fingerprint density at radius 3 is 1.88 bits per heavy atom. The van der Waals surface area contributed by atoms with E-state index in [1.54, 1.807) is 0 Å². The Hall–Kier alpha value is 0.288. The molecule has 1 unspecified atom stereocenters. The van der Waals surface area contributed by atoms with Gasteiger partial charge in [0.2, 0.25) is 0 Å². The van der Waals surface area contributed by atoms with Gasteiger partial charge in [-0.25, -0.2) is 0 Å². The van der Waals surface area contributed by atoms with E-state index in [4.69, 9.17) is 0 Å². The van der Waals surface area contributed by atoms with Gasteiger partial charge < -0.3 is 0 Å². The molecule has 1 N–H and O–H groups in total. The van der Waals surface area contributed by atoms with Crippen molar-refractivity contribution in [2.75, 3.05) is 0 Å². The summed E-state index contributed by atoms with van der Waals surface area (Å²) in [5, 5.41) is 9.45. The molecule has 0 amide bonds. The topological polar surface area (TPSA) is 37.3 Å². The average Bonchev–Trinajstić information content (AvgIpc) is 2.29. The Bertz CT molecular complexity index is 192. The molecular formula is C13H28O2Sb. The van der Waals surface area contributed by atoms with Crippen molar-refractivity contribution in [1.82, 2.24) is 0 Å². The summed E-state index contributed by atoms with van der Waals surface area (Å²) in [6.07, 6.45) is 4.40. The van der Waals surface area contributed by atoms with Crippen LogP contribution in [0, 0.1) is 0 Å². The van der Waals surface area contributed by atoms with E-state index >= 15 is 0 Å². The van der Waals surface area contributed by atoms with Crippen LogP contribution in [0.3, 0.4) is 0 Å². The number of hydrogen-bond acceptors (Lipinski definition) is 1. The van der Waals surface area contributed by atoms with Crippen molar-refractivity contribution < 1.29 is 9.90 Å². The van der Waals surface area contributed by atoms with E-state index in [0.717, 1.165) is 12.8 Å². The van der Waals surface area contributed by atoms with Crippen LogP contribution in [0.5, 0.6) is 0 Å². The molecule has 0 saturated heterocycles. The predicted molar refractivity (Wildman–Crippen MR) is 72.7 cm³/mol. The third-order valence-electron chi connectivity index (χ3n) is 3.92. The van der Waals surface area contributed by atoms with Crippen LogP contribution in [0.2, 0.25) is 17.0 Å². The summed E-state index contributed by atoms with van der Waals surface area (Å²) in [5.41, 5.74) is 0. The van der Waals surface area contributed by atoms with Crippen molar-refractivity contribution in [3.8, 4) is 0 Å². The van der Waals surface area contributed by atoms with Crippen molar-refractivity contribution >= 4 is 24.8 Å². The number of carboxylic acid groups (broad SMARTS) is 1. The number of aliphatic carboxylic acids is 1. The number of carbonyl (C=O) groups is 1. The molecule has 16 heavy (non-hydrogen) atoms. The number of unbranched alkanes of at least 4 members (excludes halogenated alkanes) is 2. The molecule has 0 aromatic carbocycles. The first-order valence-electron chi connectivity index (χ1n) is 6.66. The second-order valence-corrected chi connectivity index (χ2v) is 18.7. The van der Waals surface area contributed by atoms with Crippen LogP contribution in [0.15, 0.2) is 0 Å². The van der Waals surface area contributed by atoms with Gasteiger partial charge in [-0.1, -0.05) is 0 Å². The number of carboxylic acids is 1. The zero-order chi connectivity index (χ0) is 12.6. The SMILES string of the molecule is CCCCC[CH](C(=O)O)[Sb]([CH2]C)([CH2]C)[CH2]C. The minimum atomic E-state index is -2.25. The fraction of sp³-hybridized carbons (Fsp3) is 0.923. The average molecular weight is 338 g/mol. The Morgan fingerprint density at radius 1 is 1.06 bits per heavy atom. The van der Waals surface area contributed by atoms with Crippen LogP contribution >= 0.6 is 0 Å². The van der Waals surface area contributed by atoms with E-state index in [2.05, 4.69) is 27.7 Å². The quantitative estimate of drug-likeness (QED) is 0.495. The van der Waals surface area contributed by atoms with E-state index in [1.165, 1.54) is 25.9 Å². The van der Waals surface area contributed by atoms with Gasteiger partial charge in [0.15, 0.2) is 0 Å². The van der Waals surface area contributed by atoms with Crippen molar-refractivity contribution in [2.45, 2.75) is 70.3 Å². The third-order valence-corrected chi connectivity index (χ3v) is 19.8. The molecule has 0 bridgehead atoms. The Labute approximate surface area is 105 Å². The zero-order valence-electron chi connectivity index (χ0n) is 11.3. The van der Waals surface area contributed by atoms with Crippen molar-refractivity contribution in [3.05, 3.63) is 0 Å². The first kappa shape index (κ1) is 16.3. The van der Waals surface area contributed by atoms with E-state index in [9.17, 15) is 9.90 Å². The molecule has 0 rings (SSSR count). The normalized spacial score (nSPS) is 13.8. The van der Waals surface area contributed by atoms with Gasteiger partial charge in [-0.2, -0.15) is 0 Å². The second kappa shape index (κ2) is 8.39. The monoisotopic (exact) mass is 337 g/mol. The van der Waals surface area contributed by atoms with Gasteiger partial charge in [0.1, 0.15) is 0 Å². The van der Waals surface area contributed by atoms with Crippen molar-refractivity contribution in [3.63, 3.8) is 0 Å². The second-order valence-electron chi connectivity index (χ2n) is 4.52. The number of rotatable bonds is 9. The fourth-order valence-electron chi connectivity index (χ4n) is 2.55. The molecule has 2 nitrogen and oxygen atoms in total. The van der Waals surface area contributed by atoms with Crippen LogP contribution in [0.4, 0.5) is 0 Å². The molecule has 0 aliphatic carbocycles. The summed E-state index contributed by atoms with van der Waals surface area (Å²) in [7, 11) is 0. The molecule has 1 atom stereocenters. The molecule has 0 aromatic heterocycles. The molecule has 0 spiro atoms. The van der Waals surface area contributed by atoms with Gasteiger partial charge in [0.05, 0.1) is 0 Å². The summed E-state index contributed by atoms with van der Waals surface area (Å²) in [6, 6.07) is 0. The molecule has 0 heterocycles. The standard InChI is InChI=1S/C7H13O2.3C2H5.Sb/c1-2-3-4-5-6-7(8)9;3*1-2;/h6H,2-5H2,1H3,(H,8,9);3*1H2,2H3;. The summed E-state index contributed by atoms with van der Waals surface area (Å²) >= 11 is -2.25. The molecule has 0 saturated carbocycles. The van der Waals surface area contributed by atoms with E-state index < -0.39 is 24.8 Å². The maximum atomic E-state index is 11.5. The van der Waals surface area contributed by atoms with Crippen LogP contribution in [-0.4, -0.2) is 29.9 Å². The first-order valence-corrected chi connectivity index (χ1v) is 13.5. The van der Waals surface area contributed by atoms with Gasteiger partial charge >= 0.3 is 105 Å². The van der Waals surface area contributed by atoms with Crippen molar-refractivity contribution in [1.29, 1.82) is 0 Å². The Morgan fingerprint density at radius 2 is 1.56 bits per heavy atom. The van der Waals surface area contributed by atoms with Crippen molar-refractivity contribution in [2.24, 2.45) is 0 Å². The molecular weight excluding hydrogens is 310 g/mol. The Kier molecular flexibility index (Phi) is 8.54. The summed E-state index contributed by atoms with van der Waals surface area (Å²) in [4.78, 5) is 11.5. The number of hydrogen-bond donors (Lipinski definition) is 1. The van der Waals surface area contributed by atoms with Gasteiger partial charge in [-0.3, -0.25) is 0 Å². The molecule has 0 fully saturated rings. The van der Waals surface area contributed by atoms with Gasteiger partial charge in [0, 0.05) is 0 Å². The third kappa shape index (κ3) is 4.28. The van der Waals surface area contributed by atoms with E-state index in [-0.39, 0.29) is 3.86 Å². The predicted octanol–water partition coefficient (Wildman–Crippen LogP) is 4.53. The van der Waals surface area contributed by atoms with Crippen LogP contribution in [-0.2, 0) is 4.79 Å². The Balaban J connectivity index is 4.65. The van der Waals surface area contributed by atoms with E-state index in [1.807, 2.05) is 0 Å². The van der Waals surface area contributed by atoms with Gasteiger partial charge in [-0.05, 0) is 0 Å². The summed E-state index contributed by atoms with van der Waals surface area (Å²) < 4.78 is 3.57. The molecule has 1 radical (unpaired) electrons. The summed E-state index contributed by atoms with van der Waals surface area (Å²) in [5.74, 6) is -0.507. The first-order chi connectivity index (χ1) is 7.57. The fourth-order valence-corrected chi connectivity index (χ4v) is 13.6. The molecule has 3 heteroatoms. The molecule has 0 aromatic rings.